The van der Waals surface area contributed by atoms with Gasteiger partial charge >= 0.3 is 11.9 Å². The molecule has 86 valence electrons. The molecule has 0 aliphatic rings. The van der Waals surface area contributed by atoms with Gasteiger partial charge in [0, 0.05) is 0 Å². The highest BCUT2D eigenvalue weighted by atomic mass is 16.6. The zero-order valence-corrected chi connectivity index (χ0v) is 9.49. The molecule has 0 radical (unpaired) electrons. The van der Waals surface area contributed by atoms with Crippen molar-refractivity contribution in [3.8, 4) is 0 Å². The summed E-state index contributed by atoms with van der Waals surface area (Å²) in [6.45, 7) is 5.83. The molecule has 0 unspecified atom stereocenters. The van der Waals surface area contributed by atoms with Crippen LogP contribution in [-0.2, 0) is 19.1 Å². The van der Waals surface area contributed by atoms with Crippen LogP contribution in [0.25, 0.3) is 0 Å². The first-order chi connectivity index (χ1) is 7.17. The van der Waals surface area contributed by atoms with Gasteiger partial charge in [-0.2, -0.15) is 0 Å². The van der Waals surface area contributed by atoms with E-state index >= 15 is 0 Å². The number of hydrogen-bond acceptors (Lipinski definition) is 4. The molecule has 0 aromatic heterocycles. The third kappa shape index (κ3) is 5.20. The number of carbonyl (C=O) groups excluding carboxylic acids is 2. The SMILES string of the molecule is CC/C=C/C(C(=O)OCC)C(=O)OCC. The Kier molecular flexibility index (Phi) is 7.32. The van der Waals surface area contributed by atoms with Gasteiger partial charge in [0.15, 0.2) is 5.92 Å². The quantitative estimate of drug-likeness (QED) is 0.383. The molecule has 15 heavy (non-hydrogen) atoms. The molecule has 0 saturated heterocycles. The van der Waals surface area contributed by atoms with Crippen molar-refractivity contribution in [3.05, 3.63) is 12.2 Å². The molecule has 0 aromatic rings. The fourth-order valence-corrected chi connectivity index (χ4v) is 0.990. The Morgan fingerprint density at radius 1 is 1.07 bits per heavy atom. The number of hydrogen-bond donors (Lipinski definition) is 0. The van der Waals surface area contributed by atoms with Crippen molar-refractivity contribution in [2.45, 2.75) is 27.2 Å². The normalized spacial score (nSPS) is 10.7. The minimum Gasteiger partial charge on any atom is -0.465 e. The summed E-state index contributed by atoms with van der Waals surface area (Å²) >= 11 is 0. The molecule has 0 atom stereocenters. The van der Waals surface area contributed by atoms with Crippen LogP contribution in [-0.4, -0.2) is 25.2 Å². The largest absolute Gasteiger partial charge is 0.465 e. The summed E-state index contributed by atoms with van der Waals surface area (Å²) in [7, 11) is 0. The van der Waals surface area contributed by atoms with Gasteiger partial charge in [0.2, 0.25) is 0 Å². The molecule has 0 amide bonds. The highest BCUT2D eigenvalue weighted by molar-refractivity contribution is 5.96. The molecule has 0 aliphatic carbocycles. The van der Waals surface area contributed by atoms with E-state index in [1.54, 1.807) is 19.9 Å². The zero-order chi connectivity index (χ0) is 11.7. The minimum absolute atomic E-state index is 0.259. The predicted molar refractivity (Wildman–Crippen MR) is 56.2 cm³/mol. The molecule has 0 saturated carbocycles. The van der Waals surface area contributed by atoms with Crippen molar-refractivity contribution in [1.82, 2.24) is 0 Å². The van der Waals surface area contributed by atoms with Crippen LogP contribution in [0.3, 0.4) is 0 Å². The average Bonchev–Trinajstić information content (AvgIpc) is 2.19. The van der Waals surface area contributed by atoms with E-state index < -0.39 is 17.9 Å². The second kappa shape index (κ2) is 8.03. The maximum atomic E-state index is 11.4. The van der Waals surface area contributed by atoms with E-state index in [9.17, 15) is 9.59 Å². The van der Waals surface area contributed by atoms with E-state index in [4.69, 9.17) is 9.47 Å². The van der Waals surface area contributed by atoms with Gasteiger partial charge in [-0.1, -0.05) is 19.1 Å². The van der Waals surface area contributed by atoms with Gasteiger partial charge in [-0.05, 0) is 20.3 Å². The first-order valence-corrected chi connectivity index (χ1v) is 5.17. The lowest BCUT2D eigenvalue weighted by Gasteiger charge is -2.10. The maximum absolute atomic E-state index is 11.4. The molecule has 0 N–H and O–H groups in total. The van der Waals surface area contributed by atoms with E-state index in [1.165, 1.54) is 6.08 Å². The topological polar surface area (TPSA) is 52.6 Å². The number of rotatable bonds is 6. The molecule has 0 bridgehead atoms. The smallest absolute Gasteiger partial charge is 0.324 e. The summed E-state index contributed by atoms with van der Waals surface area (Å²) in [6, 6.07) is 0. The van der Waals surface area contributed by atoms with E-state index in [2.05, 4.69) is 0 Å². The van der Waals surface area contributed by atoms with Crippen molar-refractivity contribution in [3.63, 3.8) is 0 Å². The van der Waals surface area contributed by atoms with E-state index in [0.29, 0.717) is 0 Å². The fourth-order valence-electron chi connectivity index (χ4n) is 0.990. The molecule has 4 heteroatoms. The number of allylic oxidation sites excluding steroid dienone is 1. The fraction of sp³-hybridized carbons (Fsp3) is 0.636. The lowest BCUT2D eigenvalue weighted by Crippen LogP contribution is -2.26. The second-order valence-corrected chi connectivity index (χ2v) is 2.82. The second-order valence-electron chi connectivity index (χ2n) is 2.82. The van der Waals surface area contributed by atoms with Crippen molar-refractivity contribution in [1.29, 1.82) is 0 Å². The molecule has 0 rings (SSSR count). The van der Waals surface area contributed by atoms with E-state index in [1.807, 2.05) is 6.92 Å². The lowest BCUT2D eigenvalue weighted by atomic mass is 10.1. The highest BCUT2D eigenvalue weighted by Gasteiger charge is 2.26. The first kappa shape index (κ1) is 13.7. The third-order valence-electron chi connectivity index (χ3n) is 1.65. The lowest BCUT2D eigenvalue weighted by molar-refractivity contribution is -0.158. The van der Waals surface area contributed by atoms with Crippen LogP contribution in [0.1, 0.15) is 27.2 Å². The van der Waals surface area contributed by atoms with E-state index in [0.717, 1.165) is 6.42 Å². The summed E-state index contributed by atoms with van der Waals surface area (Å²) in [5.41, 5.74) is 0. The first-order valence-electron chi connectivity index (χ1n) is 5.17. The van der Waals surface area contributed by atoms with Gasteiger partial charge in [-0.25, -0.2) is 0 Å². The Morgan fingerprint density at radius 3 is 1.87 bits per heavy atom. The van der Waals surface area contributed by atoms with Gasteiger partial charge in [0.1, 0.15) is 0 Å². The van der Waals surface area contributed by atoms with Crippen LogP contribution in [0, 0.1) is 5.92 Å². The standard InChI is InChI=1S/C11H18O4/c1-4-7-8-9(10(12)14-5-2)11(13)15-6-3/h7-9H,4-6H2,1-3H3/b8-7+. The Balaban J connectivity index is 4.49. The van der Waals surface area contributed by atoms with Crippen LogP contribution >= 0.6 is 0 Å². The average molecular weight is 214 g/mol. The van der Waals surface area contributed by atoms with E-state index in [-0.39, 0.29) is 13.2 Å². The summed E-state index contributed by atoms with van der Waals surface area (Å²) in [6.07, 6.45) is 4.03. The Bertz CT molecular complexity index is 215. The Morgan fingerprint density at radius 2 is 1.53 bits per heavy atom. The summed E-state index contributed by atoms with van der Waals surface area (Å²) in [4.78, 5) is 22.8. The number of carbonyl (C=O) groups is 2. The van der Waals surface area contributed by atoms with Gasteiger partial charge in [0.25, 0.3) is 0 Å². The molecule has 0 aliphatic heterocycles. The molecule has 0 fully saturated rings. The van der Waals surface area contributed by atoms with Crippen molar-refractivity contribution in [2.24, 2.45) is 5.92 Å². The predicted octanol–water partition coefficient (Wildman–Crippen LogP) is 1.70. The molecular weight excluding hydrogens is 196 g/mol. The van der Waals surface area contributed by atoms with Crippen LogP contribution < -0.4 is 0 Å². The monoisotopic (exact) mass is 214 g/mol. The van der Waals surface area contributed by atoms with Gasteiger partial charge in [-0.3, -0.25) is 9.59 Å². The van der Waals surface area contributed by atoms with Crippen molar-refractivity contribution in [2.75, 3.05) is 13.2 Å². The van der Waals surface area contributed by atoms with Crippen LogP contribution in [0.2, 0.25) is 0 Å². The summed E-state index contributed by atoms with van der Waals surface area (Å²) < 4.78 is 9.56. The molecule has 4 nitrogen and oxygen atoms in total. The Hall–Kier alpha value is -1.32. The minimum atomic E-state index is -0.926. The maximum Gasteiger partial charge on any atom is 0.324 e. The number of ether oxygens (including phenoxy) is 2. The molecule has 0 aromatic carbocycles. The summed E-state index contributed by atoms with van der Waals surface area (Å²) in [5, 5.41) is 0. The highest BCUT2D eigenvalue weighted by Crippen LogP contribution is 2.06. The molecule has 0 spiro atoms. The molecule has 0 heterocycles. The van der Waals surface area contributed by atoms with Crippen LogP contribution in [0.5, 0.6) is 0 Å². The van der Waals surface area contributed by atoms with Crippen LogP contribution in [0.4, 0.5) is 0 Å². The molecular formula is C11H18O4. The van der Waals surface area contributed by atoms with Crippen molar-refractivity contribution >= 4 is 11.9 Å². The third-order valence-corrected chi connectivity index (χ3v) is 1.65. The zero-order valence-electron chi connectivity index (χ0n) is 9.49. The van der Waals surface area contributed by atoms with Gasteiger partial charge < -0.3 is 9.47 Å². The van der Waals surface area contributed by atoms with Crippen molar-refractivity contribution < 1.29 is 19.1 Å². The van der Waals surface area contributed by atoms with Gasteiger partial charge in [-0.15, -0.1) is 0 Å². The summed E-state index contributed by atoms with van der Waals surface area (Å²) in [5.74, 6) is -2.04. The number of esters is 2. The van der Waals surface area contributed by atoms with Gasteiger partial charge in [0.05, 0.1) is 13.2 Å². The Labute approximate surface area is 90.2 Å². The van der Waals surface area contributed by atoms with Crippen LogP contribution in [0.15, 0.2) is 12.2 Å².